The Morgan fingerprint density at radius 1 is 1.29 bits per heavy atom. The van der Waals surface area contributed by atoms with E-state index in [1.54, 1.807) is 6.07 Å². The van der Waals surface area contributed by atoms with Crippen LogP contribution in [0.3, 0.4) is 0 Å². The van der Waals surface area contributed by atoms with Crippen molar-refractivity contribution in [3.63, 3.8) is 0 Å². The first-order valence-electron chi connectivity index (χ1n) is 6.76. The Hall–Kier alpha value is -0.890. The summed E-state index contributed by atoms with van der Waals surface area (Å²) in [5.74, 6) is 0.768. The summed E-state index contributed by atoms with van der Waals surface area (Å²) in [4.78, 5) is 0. The molecule has 94 valence electrons. The van der Waals surface area contributed by atoms with Crippen molar-refractivity contribution in [2.24, 2.45) is 5.92 Å². The Kier molecular flexibility index (Phi) is 4.55. The highest BCUT2D eigenvalue weighted by Crippen LogP contribution is 2.26. The van der Waals surface area contributed by atoms with Crippen molar-refractivity contribution in [1.82, 2.24) is 5.32 Å². The third-order valence-corrected chi connectivity index (χ3v) is 3.90. The molecule has 2 atom stereocenters. The van der Waals surface area contributed by atoms with Crippen LogP contribution in [0.5, 0.6) is 0 Å². The Labute approximate surface area is 103 Å². The molecule has 1 saturated carbocycles. The molecule has 17 heavy (non-hydrogen) atoms. The van der Waals surface area contributed by atoms with E-state index in [1.165, 1.54) is 38.2 Å². The second-order valence-electron chi connectivity index (χ2n) is 5.11. The van der Waals surface area contributed by atoms with Crippen LogP contribution in [-0.4, -0.2) is 6.04 Å². The molecule has 0 bridgehead atoms. The van der Waals surface area contributed by atoms with Crippen LogP contribution in [0.2, 0.25) is 0 Å². The van der Waals surface area contributed by atoms with Crippen LogP contribution in [0.25, 0.3) is 0 Å². The Bertz CT molecular complexity index is 351. The van der Waals surface area contributed by atoms with E-state index in [0.717, 1.165) is 11.5 Å². The highest BCUT2D eigenvalue weighted by molar-refractivity contribution is 5.17. The Morgan fingerprint density at radius 3 is 2.88 bits per heavy atom. The van der Waals surface area contributed by atoms with Gasteiger partial charge in [-0.25, -0.2) is 4.39 Å². The lowest BCUT2D eigenvalue weighted by molar-refractivity contribution is 0.277. The molecule has 1 nitrogen and oxygen atoms in total. The first kappa shape index (κ1) is 12.6. The van der Waals surface area contributed by atoms with Crippen LogP contribution in [0, 0.1) is 11.7 Å². The molecule has 0 amide bonds. The van der Waals surface area contributed by atoms with Gasteiger partial charge in [0.15, 0.2) is 0 Å². The molecule has 0 spiro atoms. The molecule has 1 N–H and O–H groups in total. The summed E-state index contributed by atoms with van der Waals surface area (Å²) >= 11 is 0. The van der Waals surface area contributed by atoms with Gasteiger partial charge in [0.25, 0.3) is 0 Å². The number of hydrogen-bond acceptors (Lipinski definition) is 1. The van der Waals surface area contributed by atoms with Crippen molar-refractivity contribution in [1.29, 1.82) is 0 Å². The molecule has 2 rings (SSSR count). The molecule has 0 aliphatic heterocycles. The highest BCUT2D eigenvalue weighted by Gasteiger charge is 2.20. The van der Waals surface area contributed by atoms with Gasteiger partial charge in [-0.3, -0.25) is 0 Å². The van der Waals surface area contributed by atoms with E-state index in [0.29, 0.717) is 12.6 Å². The molecular formula is C15H22FN. The second kappa shape index (κ2) is 6.15. The minimum atomic E-state index is -0.0946. The second-order valence-corrected chi connectivity index (χ2v) is 5.11. The molecule has 2 unspecified atom stereocenters. The molecule has 1 aliphatic rings. The monoisotopic (exact) mass is 235 g/mol. The average Bonchev–Trinajstić information content (AvgIpc) is 2.38. The van der Waals surface area contributed by atoms with Gasteiger partial charge in [-0.1, -0.05) is 44.4 Å². The highest BCUT2D eigenvalue weighted by atomic mass is 19.1. The van der Waals surface area contributed by atoms with Crippen LogP contribution in [-0.2, 0) is 6.54 Å². The molecular weight excluding hydrogens is 213 g/mol. The van der Waals surface area contributed by atoms with Gasteiger partial charge in [-0.2, -0.15) is 0 Å². The zero-order chi connectivity index (χ0) is 12.1. The number of halogens is 1. The molecule has 0 aromatic heterocycles. The van der Waals surface area contributed by atoms with Crippen molar-refractivity contribution in [3.05, 3.63) is 35.6 Å². The number of hydrogen-bond donors (Lipinski definition) is 1. The van der Waals surface area contributed by atoms with Gasteiger partial charge in [0.05, 0.1) is 0 Å². The van der Waals surface area contributed by atoms with Crippen LogP contribution in [0.1, 0.15) is 44.6 Å². The topological polar surface area (TPSA) is 12.0 Å². The van der Waals surface area contributed by atoms with Crippen LogP contribution in [0.15, 0.2) is 24.3 Å². The van der Waals surface area contributed by atoms with E-state index in [1.807, 2.05) is 12.1 Å². The molecule has 1 aromatic rings. The predicted molar refractivity (Wildman–Crippen MR) is 69.3 cm³/mol. The van der Waals surface area contributed by atoms with Crippen molar-refractivity contribution >= 4 is 0 Å². The number of rotatable bonds is 4. The fourth-order valence-electron chi connectivity index (χ4n) is 2.74. The lowest BCUT2D eigenvalue weighted by atomic mass is 9.84. The van der Waals surface area contributed by atoms with Gasteiger partial charge in [0.2, 0.25) is 0 Å². The van der Waals surface area contributed by atoms with Crippen LogP contribution in [0.4, 0.5) is 4.39 Å². The summed E-state index contributed by atoms with van der Waals surface area (Å²) in [6.45, 7) is 2.93. The lowest BCUT2D eigenvalue weighted by Gasteiger charge is -2.29. The van der Waals surface area contributed by atoms with E-state index < -0.39 is 0 Å². The van der Waals surface area contributed by atoms with E-state index in [-0.39, 0.29) is 5.82 Å². The quantitative estimate of drug-likeness (QED) is 0.835. The third kappa shape index (κ3) is 3.53. The zero-order valence-electron chi connectivity index (χ0n) is 10.6. The lowest BCUT2D eigenvalue weighted by Crippen LogP contribution is -2.33. The van der Waals surface area contributed by atoms with Gasteiger partial charge in [0, 0.05) is 18.2 Å². The van der Waals surface area contributed by atoms with Gasteiger partial charge >= 0.3 is 0 Å². The number of benzene rings is 1. The first-order valence-corrected chi connectivity index (χ1v) is 6.76. The number of nitrogens with one attached hydrogen (secondary N) is 1. The molecule has 2 heteroatoms. The van der Waals surface area contributed by atoms with Crippen molar-refractivity contribution in [2.75, 3.05) is 0 Å². The predicted octanol–water partition coefficient (Wildman–Crippen LogP) is 3.88. The third-order valence-electron chi connectivity index (χ3n) is 3.90. The first-order chi connectivity index (χ1) is 8.29. The average molecular weight is 235 g/mol. The Morgan fingerprint density at radius 2 is 2.12 bits per heavy atom. The van der Waals surface area contributed by atoms with Gasteiger partial charge in [-0.15, -0.1) is 0 Å². The minimum absolute atomic E-state index is 0.0946. The smallest absolute Gasteiger partial charge is 0.127 e. The fourth-order valence-corrected chi connectivity index (χ4v) is 2.74. The summed E-state index contributed by atoms with van der Waals surface area (Å²) in [6.07, 6.45) is 6.45. The molecule has 0 saturated heterocycles. The van der Waals surface area contributed by atoms with Gasteiger partial charge in [-0.05, 0) is 24.8 Å². The van der Waals surface area contributed by atoms with E-state index in [2.05, 4.69) is 12.2 Å². The van der Waals surface area contributed by atoms with Gasteiger partial charge < -0.3 is 5.32 Å². The largest absolute Gasteiger partial charge is 0.310 e. The van der Waals surface area contributed by atoms with Gasteiger partial charge in [0.1, 0.15) is 5.82 Å². The summed E-state index contributed by atoms with van der Waals surface area (Å²) in [7, 11) is 0. The van der Waals surface area contributed by atoms with Crippen molar-refractivity contribution in [2.45, 2.75) is 51.6 Å². The maximum absolute atomic E-state index is 13.4. The maximum Gasteiger partial charge on any atom is 0.127 e. The summed E-state index contributed by atoms with van der Waals surface area (Å²) in [6, 6.07) is 7.62. The molecule has 1 fully saturated rings. The molecule has 1 aromatic carbocycles. The van der Waals surface area contributed by atoms with E-state index in [4.69, 9.17) is 0 Å². The van der Waals surface area contributed by atoms with Crippen molar-refractivity contribution < 1.29 is 4.39 Å². The summed E-state index contributed by atoms with van der Waals surface area (Å²) in [5, 5.41) is 3.50. The van der Waals surface area contributed by atoms with Crippen LogP contribution >= 0.6 is 0 Å². The zero-order valence-corrected chi connectivity index (χ0v) is 10.6. The maximum atomic E-state index is 13.4. The summed E-state index contributed by atoms with van der Waals surface area (Å²) in [5.41, 5.74) is 0.783. The summed E-state index contributed by atoms with van der Waals surface area (Å²) < 4.78 is 13.4. The normalized spacial score (nSPS) is 24.8. The van der Waals surface area contributed by atoms with Crippen LogP contribution < -0.4 is 5.32 Å². The van der Waals surface area contributed by atoms with Crippen molar-refractivity contribution in [3.8, 4) is 0 Å². The standard InChI is InChI=1S/C15H22FN/c1-2-12-6-5-8-14(10-12)17-11-13-7-3-4-9-15(13)16/h3-4,7,9,12,14,17H,2,5-6,8,10-11H2,1H3. The molecule has 0 heterocycles. The Balaban J connectivity index is 1.84. The van der Waals surface area contributed by atoms with E-state index in [9.17, 15) is 4.39 Å². The van der Waals surface area contributed by atoms with E-state index >= 15 is 0 Å². The SMILES string of the molecule is CCC1CCCC(NCc2ccccc2F)C1. The molecule has 0 radical (unpaired) electrons. The molecule has 1 aliphatic carbocycles. The fraction of sp³-hybridized carbons (Fsp3) is 0.600. The minimum Gasteiger partial charge on any atom is -0.310 e.